The van der Waals surface area contributed by atoms with E-state index in [1.54, 1.807) is 6.07 Å². The molecule has 0 aliphatic rings. The van der Waals surface area contributed by atoms with Gasteiger partial charge in [-0.15, -0.1) is 0 Å². The molecule has 1 aromatic rings. The van der Waals surface area contributed by atoms with Gasteiger partial charge in [0.2, 0.25) is 0 Å². The molecule has 0 atom stereocenters. The average Bonchev–Trinajstić information content (AvgIpc) is 1.97. The summed E-state index contributed by atoms with van der Waals surface area (Å²) in [6.45, 7) is 1.83. The molecule has 72 valence electrons. The van der Waals surface area contributed by atoms with Crippen molar-refractivity contribution in [3.05, 3.63) is 25.7 Å². The van der Waals surface area contributed by atoms with Crippen molar-refractivity contribution in [3.8, 4) is 0 Å². The number of hydrogen-bond donors (Lipinski definition) is 0. The minimum Gasteiger partial charge on any atom is -0.207 e. The third-order valence-electron chi connectivity index (χ3n) is 1.47. The first-order valence-electron chi connectivity index (χ1n) is 3.22. The standard InChI is InChI=1S/C7H5BrClIO2S/c1-4-2-5(13(9,11)12)3-6(8)7(4)10/h2-3H,1H3. The first kappa shape index (κ1) is 11.7. The maximum atomic E-state index is 11.0. The third kappa shape index (κ3) is 2.81. The molecular formula is C7H5BrClIO2S. The van der Waals surface area contributed by atoms with E-state index >= 15 is 0 Å². The molecular weight excluding hydrogens is 390 g/mol. The highest BCUT2D eigenvalue weighted by molar-refractivity contribution is 14.1. The monoisotopic (exact) mass is 394 g/mol. The highest BCUT2D eigenvalue weighted by atomic mass is 127. The van der Waals surface area contributed by atoms with E-state index in [4.69, 9.17) is 10.7 Å². The van der Waals surface area contributed by atoms with Gasteiger partial charge in [0.25, 0.3) is 9.05 Å². The van der Waals surface area contributed by atoms with Crippen molar-refractivity contribution in [1.29, 1.82) is 0 Å². The Morgan fingerprint density at radius 3 is 2.38 bits per heavy atom. The topological polar surface area (TPSA) is 34.1 Å². The molecule has 0 heterocycles. The van der Waals surface area contributed by atoms with Crippen LogP contribution in [-0.2, 0) is 9.05 Å². The van der Waals surface area contributed by atoms with Gasteiger partial charge in [-0.2, -0.15) is 0 Å². The van der Waals surface area contributed by atoms with E-state index < -0.39 is 9.05 Å². The number of halogens is 3. The molecule has 1 aromatic carbocycles. The van der Waals surface area contributed by atoms with Crippen molar-refractivity contribution in [2.75, 3.05) is 0 Å². The SMILES string of the molecule is Cc1cc(S(=O)(=O)Cl)cc(Br)c1I. The Hall–Kier alpha value is 0.670. The zero-order valence-corrected chi connectivity index (χ0v) is 11.8. The summed E-state index contributed by atoms with van der Waals surface area (Å²) in [4.78, 5) is 0.124. The summed E-state index contributed by atoms with van der Waals surface area (Å²) in [7, 11) is 1.58. The van der Waals surface area contributed by atoms with Crippen LogP contribution in [0.5, 0.6) is 0 Å². The molecule has 1 rings (SSSR count). The van der Waals surface area contributed by atoms with Crippen LogP contribution in [0.15, 0.2) is 21.5 Å². The molecule has 0 spiro atoms. The number of hydrogen-bond acceptors (Lipinski definition) is 2. The Balaban J connectivity index is 3.47. The number of benzene rings is 1. The smallest absolute Gasteiger partial charge is 0.207 e. The highest BCUT2D eigenvalue weighted by Crippen LogP contribution is 2.27. The highest BCUT2D eigenvalue weighted by Gasteiger charge is 2.13. The lowest BCUT2D eigenvalue weighted by Gasteiger charge is -2.03. The quantitative estimate of drug-likeness (QED) is 0.540. The molecule has 0 aliphatic carbocycles. The molecule has 0 N–H and O–H groups in total. The van der Waals surface area contributed by atoms with E-state index in [-0.39, 0.29) is 4.90 Å². The van der Waals surface area contributed by atoms with Gasteiger partial charge in [-0.05, 0) is 63.1 Å². The van der Waals surface area contributed by atoms with Crippen molar-refractivity contribution in [1.82, 2.24) is 0 Å². The lowest BCUT2D eigenvalue weighted by Crippen LogP contribution is -1.93. The van der Waals surface area contributed by atoms with Crippen LogP contribution in [0, 0.1) is 10.5 Å². The van der Waals surface area contributed by atoms with Gasteiger partial charge in [-0.3, -0.25) is 0 Å². The zero-order chi connectivity index (χ0) is 10.2. The minimum absolute atomic E-state index is 0.124. The third-order valence-corrected chi connectivity index (χ3v) is 5.60. The summed E-state index contributed by atoms with van der Waals surface area (Å²) < 4.78 is 23.7. The fourth-order valence-electron chi connectivity index (χ4n) is 0.836. The molecule has 6 heteroatoms. The van der Waals surface area contributed by atoms with Gasteiger partial charge in [0.15, 0.2) is 0 Å². The predicted molar refractivity (Wildman–Crippen MR) is 64.6 cm³/mol. The lowest BCUT2D eigenvalue weighted by atomic mass is 10.2. The molecule has 0 amide bonds. The number of aryl methyl sites for hydroxylation is 1. The summed E-state index contributed by atoms with van der Waals surface area (Å²) in [5.41, 5.74) is 0.884. The Morgan fingerprint density at radius 1 is 1.46 bits per heavy atom. The van der Waals surface area contributed by atoms with Crippen LogP contribution < -0.4 is 0 Å². The molecule has 0 aromatic heterocycles. The predicted octanol–water partition coefficient (Wildman–Crippen LogP) is 3.29. The molecule has 13 heavy (non-hydrogen) atoms. The number of rotatable bonds is 1. The first-order valence-corrected chi connectivity index (χ1v) is 7.41. The van der Waals surface area contributed by atoms with Gasteiger partial charge in [-0.25, -0.2) is 8.42 Å². The molecule has 0 bridgehead atoms. The van der Waals surface area contributed by atoms with Crippen LogP contribution in [0.2, 0.25) is 0 Å². The zero-order valence-electron chi connectivity index (χ0n) is 6.51. The maximum Gasteiger partial charge on any atom is 0.261 e. The van der Waals surface area contributed by atoms with Crippen LogP contribution in [-0.4, -0.2) is 8.42 Å². The second kappa shape index (κ2) is 4.04. The van der Waals surface area contributed by atoms with Crippen LogP contribution in [0.3, 0.4) is 0 Å². The Morgan fingerprint density at radius 2 is 2.00 bits per heavy atom. The van der Waals surface area contributed by atoms with E-state index in [9.17, 15) is 8.42 Å². The molecule has 2 nitrogen and oxygen atoms in total. The van der Waals surface area contributed by atoms with Crippen molar-refractivity contribution >= 4 is 58.3 Å². The van der Waals surface area contributed by atoms with Crippen molar-refractivity contribution < 1.29 is 8.42 Å². The fraction of sp³-hybridized carbons (Fsp3) is 0.143. The second-order valence-electron chi connectivity index (χ2n) is 2.47. The van der Waals surface area contributed by atoms with Gasteiger partial charge in [0.05, 0.1) is 4.90 Å². The van der Waals surface area contributed by atoms with Crippen molar-refractivity contribution in [2.24, 2.45) is 0 Å². The summed E-state index contributed by atoms with van der Waals surface area (Å²) in [5, 5.41) is 0. The Kier molecular flexibility index (Phi) is 3.65. The molecule has 0 fully saturated rings. The molecule has 0 unspecified atom stereocenters. The Labute approximate surface area is 103 Å². The molecule has 0 saturated carbocycles. The molecule has 0 radical (unpaired) electrons. The summed E-state index contributed by atoms with van der Waals surface area (Å²) >= 11 is 5.39. The summed E-state index contributed by atoms with van der Waals surface area (Å²) in [5.74, 6) is 0. The van der Waals surface area contributed by atoms with Crippen LogP contribution in [0.1, 0.15) is 5.56 Å². The summed E-state index contributed by atoms with van der Waals surface area (Å²) in [6, 6.07) is 3.05. The minimum atomic E-state index is -3.63. The van der Waals surface area contributed by atoms with E-state index in [2.05, 4.69) is 38.5 Å². The van der Waals surface area contributed by atoms with E-state index in [1.807, 2.05) is 6.92 Å². The van der Waals surface area contributed by atoms with Gasteiger partial charge in [0.1, 0.15) is 0 Å². The fourth-order valence-corrected chi connectivity index (χ4v) is 2.70. The van der Waals surface area contributed by atoms with Crippen LogP contribution >= 0.6 is 49.2 Å². The van der Waals surface area contributed by atoms with E-state index in [0.717, 1.165) is 13.6 Å². The van der Waals surface area contributed by atoms with Crippen molar-refractivity contribution in [2.45, 2.75) is 11.8 Å². The maximum absolute atomic E-state index is 11.0. The van der Waals surface area contributed by atoms with Gasteiger partial charge in [0, 0.05) is 18.7 Å². The van der Waals surface area contributed by atoms with E-state index in [1.165, 1.54) is 6.07 Å². The molecule has 0 saturated heterocycles. The first-order chi connectivity index (χ1) is 5.82. The lowest BCUT2D eigenvalue weighted by molar-refractivity contribution is 0.609. The van der Waals surface area contributed by atoms with Crippen LogP contribution in [0.25, 0.3) is 0 Å². The Bertz CT molecular complexity index is 421. The van der Waals surface area contributed by atoms with E-state index in [0.29, 0.717) is 0 Å². The van der Waals surface area contributed by atoms with Crippen molar-refractivity contribution in [3.63, 3.8) is 0 Å². The second-order valence-corrected chi connectivity index (χ2v) is 6.97. The largest absolute Gasteiger partial charge is 0.261 e. The van der Waals surface area contributed by atoms with Gasteiger partial charge in [-0.1, -0.05) is 0 Å². The normalized spacial score (nSPS) is 11.7. The average molecular weight is 395 g/mol. The summed E-state index contributed by atoms with van der Waals surface area (Å²) in [6.07, 6.45) is 0. The molecule has 0 aliphatic heterocycles. The van der Waals surface area contributed by atoms with Gasteiger partial charge < -0.3 is 0 Å². The van der Waals surface area contributed by atoms with Gasteiger partial charge >= 0.3 is 0 Å². The van der Waals surface area contributed by atoms with Crippen LogP contribution in [0.4, 0.5) is 0 Å².